The molecule has 1 saturated heterocycles. The van der Waals surface area contributed by atoms with Crippen LogP contribution in [0.2, 0.25) is 0 Å². The summed E-state index contributed by atoms with van der Waals surface area (Å²) in [6.45, 7) is 2.33. The fourth-order valence-corrected chi connectivity index (χ4v) is 9.42. The van der Waals surface area contributed by atoms with Gasteiger partial charge in [-0.3, -0.25) is 9.78 Å². The molecule has 2 aliphatic heterocycles. The quantitative estimate of drug-likeness (QED) is 0.299. The Kier molecular flexibility index (Phi) is 7.41. The van der Waals surface area contributed by atoms with E-state index < -0.39 is 54.7 Å². The Morgan fingerprint density at radius 2 is 1.73 bits per heavy atom. The number of piperidine rings is 1. The SMILES string of the molecule is CC(=O)[N+]1(S(=O)(=O)c2ccc(F)cc2)c2ccc(C(=O)NCc3ccc(C(F)(F)F)cn3)cc2C2(CCNCC2)C1C1CC1. The van der Waals surface area contributed by atoms with Crippen LogP contribution in [-0.4, -0.2) is 44.3 Å². The molecule has 1 spiro atoms. The fraction of sp³-hybridized carbons (Fsp3) is 0.387. The van der Waals surface area contributed by atoms with Crippen LogP contribution in [0, 0.1) is 11.7 Å². The number of quaternary nitrogens is 1. The first-order valence-electron chi connectivity index (χ1n) is 14.4. The van der Waals surface area contributed by atoms with Crippen molar-refractivity contribution < 1.29 is 35.6 Å². The number of nitrogens with zero attached hydrogens (tertiary/aromatic N) is 2. The van der Waals surface area contributed by atoms with Gasteiger partial charge in [0.05, 0.1) is 30.1 Å². The van der Waals surface area contributed by atoms with Gasteiger partial charge in [0.1, 0.15) is 16.8 Å². The molecule has 0 radical (unpaired) electrons. The second-order valence-corrected chi connectivity index (χ2v) is 13.7. The molecule has 3 aliphatic rings. The summed E-state index contributed by atoms with van der Waals surface area (Å²) in [7, 11) is -4.44. The molecule has 1 aliphatic carbocycles. The number of sulfonamides is 1. The Balaban J connectivity index is 1.43. The normalized spacial score (nSPS) is 22.9. The van der Waals surface area contributed by atoms with Gasteiger partial charge in [-0.2, -0.15) is 21.6 Å². The molecule has 8 nitrogen and oxygen atoms in total. The predicted molar refractivity (Wildman–Crippen MR) is 153 cm³/mol. The van der Waals surface area contributed by atoms with Crippen LogP contribution in [0.15, 0.2) is 65.7 Å². The average Bonchev–Trinajstić information content (AvgIpc) is 3.80. The van der Waals surface area contributed by atoms with Gasteiger partial charge >= 0.3 is 22.1 Å². The number of alkyl halides is 3. The number of pyridine rings is 1. The molecule has 2 fully saturated rings. The van der Waals surface area contributed by atoms with Crippen molar-refractivity contribution >= 4 is 27.5 Å². The number of hydrogen-bond acceptors (Lipinski definition) is 6. The molecular formula is C31H31F4N4O4S+. The van der Waals surface area contributed by atoms with Crippen molar-refractivity contribution in [2.45, 2.75) is 61.7 Å². The minimum atomic E-state index is -4.53. The first-order chi connectivity index (χ1) is 20.8. The summed E-state index contributed by atoms with van der Waals surface area (Å²) in [5, 5.41) is 6.02. The molecule has 2 aromatic carbocycles. The summed E-state index contributed by atoms with van der Waals surface area (Å²) in [5.41, 5.74) is -0.254. The maximum absolute atomic E-state index is 14.7. The van der Waals surface area contributed by atoms with Crippen molar-refractivity contribution in [1.82, 2.24) is 19.5 Å². The minimum absolute atomic E-state index is 0.0531. The van der Waals surface area contributed by atoms with Crippen LogP contribution in [0.4, 0.5) is 23.2 Å². The third-order valence-corrected chi connectivity index (χ3v) is 11.5. The molecule has 2 N–H and O–H groups in total. The molecule has 2 amide bonds. The van der Waals surface area contributed by atoms with Crippen LogP contribution in [0.25, 0.3) is 0 Å². The lowest BCUT2D eigenvalue weighted by atomic mass is 9.68. The van der Waals surface area contributed by atoms with Crippen molar-refractivity contribution in [1.29, 1.82) is 0 Å². The Morgan fingerprint density at radius 3 is 2.30 bits per heavy atom. The molecule has 13 heteroatoms. The molecule has 0 bridgehead atoms. The zero-order chi connectivity index (χ0) is 31.5. The highest BCUT2D eigenvalue weighted by atomic mass is 32.2. The highest BCUT2D eigenvalue weighted by Gasteiger charge is 2.73. The lowest BCUT2D eigenvalue weighted by Gasteiger charge is -2.43. The Hall–Kier alpha value is -3.68. The van der Waals surface area contributed by atoms with E-state index >= 15 is 0 Å². The Morgan fingerprint density at radius 1 is 1.05 bits per heavy atom. The third kappa shape index (κ3) is 4.72. The number of amides is 2. The van der Waals surface area contributed by atoms with Gasteiger partial charge in [0.15, 0.2) is 5.69 Å². The van der Waals surface area contributed by atoms with Crippen molar-refractivity contribution in [2.75, 3.05) is 13.1 Å². The van der Waals surface area contributed by atoms with E-state index in [1.165, 1.54) is 37.3 Å². The van der Waals surface area contributed by atoms with E-state index in [1.807, 2.05) is 0 Å². The zero-order valence-electron chi connectivity index (χ0n) is 23.8. The fourth-order valence-electron chi connectivity index (χ4n) is 7.18. The van der Waals surface area contributed by atoms with Crippen molar-refractivity contribution in [3.8, 4) is 0 Å². The van der Waals surface area contributed by atoms with Crippen LogP contribution in [0.3, 0.4) is 0 Å². The van der Waals surface area contributed by atoms with Gasteiger partial charge in [0.25, 0.3) is 5.91 Å². The molecule has 3 aromatic rings. The number of rotatable bonds is 6. The number of carbonyl (C=O) groups is 2. The predicted octanol–water partition coefficient (Wildman–Crippen LogP) is 4.83. The van der Waals surface area contributed by atoms with E-state index in [-0.39, 0.29) is 28.6 Å². The molecule has 2 atom stereocenters. The molecule has 3 heterocycles. The summed E-state index contributed by atoms with van der Waals surface area (Å²) >= 11 is 0. The first-order valence-corrected chi connectivity index (χ1v) is 15.8. The lowest BCUT2D eigenvalue weighted by Crippen LogP contribution is -2.67. The van der Waals surface area contributed by atoms with Gasteiger partial charge in [-0.1, -0.05) is 0 Å². The van der Waals surface area contributed by atoms with E-state index in [2.05, 4.69) is 15.6 Å². The number of carbonyl (C=O) groups excluding carboxylic acids is 2. The van der Waals surface area contributed by atoms with Crippen LogP contribution < -0.4 is 14.5 Å². The average molecular weight is 632 g/mol. The van der Waals surface area contributed by atoms with Gasteiger partial charge in [-0.15, -0.1) is 3.89 Å². The van der Waals surface area contributed by atoms with Crippen LogP contribution in [0.5, 0.6) is 0 Å². The third-order valence-electron chi connectivity index (χ3n) is 9.22. The first kappa shape index (κ1) is 30.4. The van der Waals surface area contributed by atoms with Crippen LogP contribution in [0.1, 0.15) is 59.8 Å². The summed E-state index contributed by atoms with van der Waals surface area (Å²) in [6, 6.07) is 10.6. The minimum Gasteiger partial charge on any atom is -0.346 e. The van der Waals surface area contributed by atoms with E-state index in [1.54, 1.807) is 6.07 Å². The second kappa shape index (κ2) is 10.7. The lowest BCUT2D eigenvalue weighted by molar-refractivity contribution is -0.137. The number of fused-ring (bicyclic) bond motifs is 2. The Bertz CT molecular complexity index is 1720. The maximum Gasteiger partial charge on any atom is 0.417 e. The number of benzene rings is 2. The van der Waals surface area contributed by atoms with E-state index in [0.29, 0.717) is 43.4 Å². The van der Waals surface area contributed by atoms with Crippen molar-refractivity contribution in [3.63, 3.8) is 0 Å². The van der Waals surface area contributed by atoms with E-state index in [9.17, 15) is 35.6 Å². The number of nitrogens with one attached hydrogen (secondary N) is 2. The molecule has 232 valence electrons. The number of aromatic nitrogens is 1. The van der Waals surface area contributed by atoms with Gasteiger partial charge in [0, 0.05) is 29.3 Å². The van der Waals surface area contributed by atoms with Gasteiger partial charge < -0.3 is 10.6 Å². The van der Waals surface area contributed by atoms with E-state index in [4.69, 9.17) is 0 Å². The zero-order valence-corrected chi connectivity index (χ0v) is 24.6. The molecular weight excluding hydrogens is 600 g/mol. The smallest absolute Gasteiger partial charge is 0.346 e. The molecule has 1 aromatic heterocycles. The Labute approximate surface area is 252 Å². The molecule has 2 unspecified atom stereocenters. The largest absolute Gasteiger partial charge is 0.417 e. The summed E-state index contributed by atoms with van der Waals surface area (Å²) in [4.78, 5) is 30.9. The summed E-state index contributed by atoms with van der Waals surface area (Å²) in [5.74, 6) is -1.75. The standard InChI is InChI=1S/C31H30F4N4O4S/c1-19(40)39(44(42,43)25-9-6-23(32)7-10-25)27-11-4-21(29(41)38-18-24-8-5-22(17-37-24)31(33,34)35)16-26(27)30(12-14-36-15-13-30)28(39)20-2-3-20/h4-11,16-17,20,28,36H,2-3,12-15,18H2,1H3/p+1. The van der Waals surface area contributed by atoms with Crippen molar-refractivity contribution in [3.05, 3.63) is 89.0 Å². The van der Waals surface area contributed by atoms with Crippen LogP contribution in [-0.2, 0) is 33.0 Å². The highest BCUT2D eigenvalue weighted by molar-refractivity contribution is 7.91. The van der Waals surface area contributed by atoms with Crippen molar-refractivity contribution in [2.24, 2.45) is 5.92 Å². The molecule has 1 saturated carbocycles. The second-order valence-electron chi connectivity index (χ2n) is 11.7. The molecule has 6 rings (SSSR count). The molecule has 44 heavy (non-hydrogen) atoms. The topological polar surface area (TPSA) is 105 Å². The summed E-state index contributed by atoms with van der Waals surface area (Å²) in [6.07, 6.45) is -1.21. The summed E-state index contributed by atoms with van der Waals surface area (Å²) < 4.78 is 80.9. The van der Waals surface area contributed by atoms with Gasteiger partial charge in [-0.05, 0) is 87.3 Å². The van der Waals surface area contributed by atoms with Gasteiger partial charge in [-0.25, -0.2) is 9.18 Å². The number of hydrogen-bond donors (Lipinski definition) is 2. The van der Waals surface area contributed by atoms with E-state index in [0.717, 1.165) is 31.0 Å². The van der Waals surface area contributed by atoms with Crippen LogP contribution >= 0.6 is 0 Å². The number of halogens is 4. The van der Waals surface area contributed by atoms with Gasteiger partial charge in [0.2, 0.25) is 0 Å². The monoisotopic (exact) mass is 631 g/mol. The maximum atomic E-state index is 14.7. The highest BCUT2D eigenvalue weighted by Crippen LogP contribution is 2.62.